The first-order valence-electron chi connectivity index (χ1n) is 6.37. The van der Waals surface area contributed by atoms with E-state index in [1.807, 2.05) is 0 Å². The third-order valence-corrected chi connectivity index (χ3v) is 5.42. The number of rotatable bonds is 13. The average Bonchev–Trinajstić information content (AvgIpc) is 2.31. The van der Waals surface area contributed by atoms with E-state index in [1.165, 1.54) is 54.5 Å². The zero-order chi connectivity index (χ0) is 11.9. The van der Waals surface area contributed by atoms with Crippen LogP contribution in [0.4, 0.5) is 8.78 Å². The smallest absolute Gasteiger partial charge is 0.0894 e. The van der Waals surface area contributed by atoms with Gasteiger partial charge in [0.1, 0.15) is 0 Å². The molecule has 16 heavy (non-hydrogen) atoms. The molecule has 0 aliphatic heterocycles. The molecule has 0 N–H and O–H groups in total. The lowest BCUT2D eigenvalue weighted by molar-refractivity contribution is 0.455. The van der Waals surface area contributed by atoms with Gasteiger partial charge in [0.2, 0.25) is 0 Å². The summed E-state index contributed by atoms with van der Waals surface area (Å²) in [5.74, 6) is 0. The Balaban J connectivity index is 2.83. The molecule has 0 spiro atoms. The molecule has 0 bridgehead atoms. The third-order valence-electron chi connectivity index (χ3n) is 2.38. The Kier molecular flexibility index (Phi) is 16.4. The molecule has 0 heterocycles. The Hall–Kier alpha value is 0.720. The summed E-state index contributed by atoms with van der Waals surface area (Å²) in [5, 5.41) is 0. The molecule has 4 heteroatoms. The maximum absolute atomic E-state index is 11.8. The van der Waals surface area contributed by atoms with Crippen molar-refractivity contribution in [1.29, 1.82) is 0 Å². The van der Waals surface area contributed by atoms with Gasteiger partial charge in [-0.3, -0.25) is 8.78 Å². The van der Waals surface area contributed by atoms with Crippen LogP contribution in [0.3, 0.4) is 0 Å². The van der Waals surface area contributed by atoms with Crippen LogP contribution in [-0.2, 0) is 0 Å². The third kappa shape index (κ3) is 14.7. The molecule has 0 aromatic carbocycles. The van der Waals surface area contributed by atoms with Gasteiger partial charge in [-0.2, -0.15) is 0 Å². The highest BCUT2D eigenvalue weighted by atomic mass is 32.0. The SMILES string of the molecule is FCCCCCC[P][P]CCCCCCF. The Morgan fingerprint density at radius 3 is 1.25 bits per heavy atom. The highest BCUT2D eigenvalue weighted by Gasteiger charge is 1.94. The Labute approximate surface area is 103 Å². The number of halogens is 2. The van der Waals surface area contributed by atoms with E-state index in [4.69, 9.17) is 0 Å². The lowest BCUT2D eigenvalue weighted by Gasteiger charge is -2.00. The number of hydrogen-bond donors (Lipinski definition) is 0. The van der Waals surface area contributed by atoms with Gasteiger partial charge in [0.05, 0.1) is 13.3 Å². The molecule has 0 saturated heterocycles. The fourth-order valence-corrected chi connectivity index (χ4v) is 4.11. The van der Waals surface area contributed by atoms with E-state index in [0.717, 1.165) is 25.7 Å². The van der Waals surface area contributed by atoms with Gasteiger partial charge in [-0.1, -0.05) is 25.7 Å². The van der Waals surface area contributed by atoms with Crippen molar-refractivity contribution in [2.75, 3.05) is 25.7 Å². The molecular formula is C12H24F2P2. The lowest BCUT2D eigenvalue weighted by Crippen LogP contribution is -1.82. The minimum Gasteiger partial charge on any atom is -0.251 e. The molecule has 0 aromatic heterocycles. The zero-order valence-electron chi connectivity index (χ0n) is 10.1. The van der Waals surface area contributed by atoms with Crippen LogP contribution in [0.5, 0.6) is 0 Å². The van der Waals surface area contributed by atoms with Crippen LogP contribution >= 0.6 is 16.5 Å². The lowest BCUT2D eigenvalue weighted by atomic mass is 10.2. The molecule has 0 aromatic rings. The van der Waals surface area contributed by atoms with Gasteiger partial charge in [0.15, 0.2) is 0 Å². The standard InChI is InChI=1S/C12H24F2P2/c13-9-5-1-3-7-11-15-16-12-8-4-2-6-10-14/h1-12H2. The van der Waals surface area contributed by atoms with Crippen LogP contribution in [-0.4, -0.2) is 25.7 Å². The molecule has 0 saturated carbocycles. The molecule has 0 aliphatic rings. The van der Waals surface area contributed by atoms with Gasteiger partial charge in [0, 0.05) is 0 Å². The van der Waals surface area contributed by atoms with Crippen molar-refractivity contribution in [3.05, 3.63) is 0 Å². The number of alkyl halides is 2. The minimum absolute atomic E-state index is 0.158. The fourth-order valence-electron chi connectivity index (χ4n) is 1.40. The van der Waals surface area contributed by atoms with E-state index >= 15 is 0 Å². The largest absolute Gasteiger partial charge is 0.251 e. The van der Waals surface area contributed by atoms with Gasteiger partial charge in [-0.15, -0.1) is 0 Å². The average molecular weight is 268 g/mol. The summed E-state index contributed by atoms with van der Waals surface area (Å²) in [5.41, 5.74) is 0. The van der Waals surface area contributed by atoms with E-state index in [9.17, 15) is 8.78 Å². The van der Waals surface area contributed by atoms with Crippen LogP contribution in [0.2, 0.25) is 0 Å². The van der Waals surface area contributed by atoms with E-state index in [1.54, 1.807) is 0 Å². The summed E-state index contributed by atoms with van der Waals surface area (Å²) in [6.07, 6.45) is 11.0. The predicted octanol–water partition coefficient (Wildman–Crippen LogP) is 5.85. The summed E-state index contributed by atoms with van der Waals surface area (Å²) in [7, 11) is 3.04. The molecule has 0 atom stereocenters. The first-order chi connectivity index (χ1) is 7.91. The van der Waals surface area contributed by atoms with Crippen molar-refractivity contribution >= 4 is 16.5 Å². The summed E-state index contributed by atoms with van der Waals surface area (Å²) in [6, 6.07) is 0. The van der Waals surface area contributed by atoms with Crippen molar-refractivity contribution in [3.63, 3.8) is 0 Å². The molecule has 0 nitrogen and oxygen atoms in total. The molecule has 0 fully saturated rings. The van der Waals surface area contributed by atoms with Crippen molar-refractivity contribution in [1.82, 2.24) is 0 Å². The summed E-state index contributed by atoms with van der Waals surface area (Å²) < 4.78 is 23.5. The summed E-state index contributed by atoms with van der Waals surface area (Å²) in [6.45, 7) is -0.316. The van der Waals surface area contributed by atoms with Crippen molar-refractivity contribution < 1.29 is 8.78 Å². The monoisotopic (exact) mass is 268 g/mol. The van der Waals surface area contributed by atoms with Crippen LogP contribution in [0.1, 0.15) is 51.4 Å². The van der Waals surface area contributed by atoms with Gasteiger partial charge >= 0.3 is 0 Å². The molecule has 2 radical (unpaired) electrons. The first-order valence-corrected chi connectivity index (χ1v) is 9.23. The van der Waals surface area contributed by atoms with Crippen LogP contribution in [0.25, 0.3) is 0 Å². The molecule has 96 valence electrons. The molecular weight excluding hydrogens is 244 g/mol. The van der Waals surface area contributed by atoms with E-state index in [-0.39, 0.29) is 13.3 Å². The highest BCUT2D eigenvalue weighted by molar-refractivity contribution is 8.11. The number of hydrogen-bond acceptors (Lipinski definition) is 0. The second kappa shape index (κ2) is 15.7. The highest BCUT2D eigenvalue weighted by Crippen LogP contribution is 2.38. The van der Waals surface area contributed by atoms with Gasteiger partial charge in [-0.05, 0) is 54.5 Å². The Morgan fingerprint density at radius 2 is 0.875 bits per heavy atom. The summed E-state index contributed by atoms with van der Waals surface area (Å²) >= 11 is 0. The topological polar surface area (TPSA) is 0 Å². The second-order valence-electron chi connectivity index (χ2n) is 3.94. The van der Waals surface area contributed by atoms with Crippen LogP contribution in [0.15, 0.2) is 0 Å². The molecule has 0 unspecified atom stereocenters. The Bertz CT molecular complexity index is 110. The van der Waals surface area contributed by atoms with Crippen molar-refractivity contribution in [3.8, 4) is 0 Å². The van der Waals surface area contributed by atoms with Crippen LogP contribution < -0.4 is 0 Å². The van der Waals surface area contributed by atoms with E-state index < -0.39 is 0 Å². The quantitative estimate of drug-likeness (QED) is 0.290. The molecule has 0 amide bonds. The molecule has 0 rings (SSSR count). The second-order valence-corrected chi connectivity index (χ2v) is 7.09. The van der Waals surface area contributed by atoms with Crippen molar-refractivity contribution in [2.45, 2.75) is 51.4 Å². The maximum Gasteiger partial charge on any atom is 0.0894 e. The van der Waals surface area contributed by atoms with E-state index in [0.29, 0.717) is 0 Å². The number of unbranched alkanes of at least 4 members (excludes halogenated alkanes) is 6. The van der Waals surface area contributed by atoms with Gasteiger partial charge in [0.25, 0.3) is 0 Å². The Morgan fingerprint density at radius 1 is 0.500 bits per heavy atom. The predicted molar refractivity (Wildman–Crippen MR) is 72.5 cm³/mol. The van der Waals surface area contributed by atoms with Gasteiger partial charge < -0.3 is 0 Å². The summed E-state index contributed by atoms with van der Waals surface area (Å²) in [4.78, 5) is 0. The molecule has 0 aliphatic carbocycles. The van der Waals surface area contributed by atoms with E-state index in [2.05, 4.69) is 0 Å². The fraction of sp³-hybridized carbons (Fsp3) is 1.00. The van der Waals surface area contributed by atoms with Crippen LogP contribution in [0, 0.1) is 0 Å². The van der Waals surface area contributed by atoms with Gasteiger partial charge in [-0.25, -0.2) is 0 Å². The maximum atomic E-state index is 11.8. The van der Waals surface area contributed by atoms with Crippen molar-refractivity contribution in [2.24, 2.45) is 0 Å². The minimum atomic E-state index is -0.158. The zero-order valence-corrected chi connectivity index (χ0v) is 11.9. The first kappa shape index (κ1) is 16.7. The normalized spacial score (nSPS) is 12.4.